The van der Waals surface area contributed by atoms with E-state index >= 15 is 0 Å². The fourth-order valence-electron chi connectivity index (χ4n) is 1.91. The number of halogens is 2. The Morgan fingerprint density at radius 3 is 2.62 bits per heavy atom. The van der Waals surface area contributed by atoms with E-state index in [1.807, 2.05) is 0 Å². The Labute approximate surface area is 119 Å². The van der Waals surface area contributed by atoms with Gasteiger partial charge in [0.2, 0.25) is 6.29 Å². The molecule has 0 spiro atoms. The SMILES string of the molecule is CC(=O)O[C@@H]1CC(F)(F)[C@@H](COC(=O)c2ccccc2)O1. The van der Waals surface area contributed by atoms with Crippen LogP contribution in [-0.4, -0.2) is 36.9 Å². The summed E-state index contributed by atoms with van der Waals surface area (Å²) in [6, 6.07) is 8.01. The lowest BCUT2D eigenvalue weighted by atomic mass is 10.2. The quantitative estimate of drug-likeness (QED) is 0.797. The van der Waals surface area contributed by atoms with Crippen LogP contribution in [0.15, 0.2) is 30.3 Å². The molecule has 1 heterocycles. The molecule has 114 valence electrons. The van der Waals surface area contributed by atoms with Crippen molar-refractivity contribution in [2.24, 2.45) is 0 Å². The molecule has 7 heteroatoms. The third-order valence-electron chi connectivity index (χ3n) is 2.90. The van der Waals surface area contributed by atoms with Gasteiger partial charge in [0.05, 0.1) is 12.0 Å². The maximum Gasteiger partial charge on any atom is 0.338 e. The van der Waals surface area contributed by atoms with E-state index in [1.165, 1.54) is 12.1 Å². The number of ether oxygens (including phenoxy) is 3. The van der Waals surface area contributed by atoms with Crippen LogP contribution in [-0.2, 0) is 19.0 Å². The summed E-state index contributed by atoms with van der Waals surface area (Å²) in [4.78, 5) is 22.4. The predicted molar refractivity (Wildman–Crippen MR) is 66.7 cm³/mol. The molecule has 5 nitrogen and oxygen atoms in total. The number of carbonyl (C=O) groups is 2. The first kappa shape index (κ1) is 15.4. The maximum absolute atomic E-state index is 13.7. The highest BCUT2D eigenvalue weighted by Gasteiger charge is 2.52. The fraction of sp³-hybridized carbons (Fsp3) is 0.429. The summed E-state index contributed by atoms with van der Waals surface area (Å²) in [6.45, 7) is 0.489. The summed E-state index contributed by atoms with van der Waals surface area (Å²) in [6.07, 6.45) is -3.70. The highest BCUT2D eigenvalue weighted by atomic mass is 19.3. The van der Waals surface area contributed by atoms with Gasteiger partial charge in [-0.3, -0.25) is 4.79 Å². The van der Waals surface area contributed by atoms with E-state index in [0.29, 0.717) is 0 Å². The number of hydrogen-bond acceptors (Lipinski definition) is 5. The van der Waals surface area contributed by atoms with Crippen molar-refractivity contribution >= 4 is 11.9 Å². The molecule has 0 unspecified atom stereocenters. The van der Waals surface area contributed by atoms with Gasteiger partial charge in [0, 0.05) is 6.92 Å². The molecule has 1 saturated heterocycles. The number of benzene rings is 1. The van der Waals surface area contributed by atoms with Gasteiger partial charge in [-0.15, -0.1) is 0 Å². The minimum atomic E-state index is -3.23. The second kappa shape index (κ2) is 6.17. The van der Waals surface area contributed by atoms with Crippen LogP contribution in [0.5, 0.6) is 0 Å². The van der Waals surface area contributed by atoms with Gasteiger partial charge in [-0.1, -0.05) is 18.2 Å². The zero-order valence-electron chi connectivity index (χ0n) is 11.3. The summed E-state index contributed by atoms with van der Waals surface area (Å²) in [7, 11) is 0. The molecule has 0 bridgehead atoms. The molecule has 2 atom stereocenters. The van der Waals surface area contributed by atoms with Gasteiger partial charge in [-0.25, -0.2) is 13.6 Å². The smallest absolute Gasteiger partial charge is 0.338 e. The van der Waals surface area contributed by atoms with Crippen LogP contribution in [0.25, 0.3) is 0 Å². The zero-order chi connectivity index (χ0) is 15.5. The predicted octanol–water partition coefficient (Wildman–Crippen LogP) is 2.16. The third-order valence-corrected chi connectivity index (χ3v) is 2.90. The Kier molecular flexibility index (Phi) is 4.52. The van der Waals surface area contributed by atoms with E-state index < -0.39 is 43.3 Å². The largest absolute Gasteiger partial charge is 0.459 e. The molecule has 1 aromatic rings. The van der Waals surface area contributed by atoms with Gasteiger partial charge in [-0.05, 0) is 12.1 Å². The Morgan fingerprint density at radius 2 is 2.00 bits per heavy atom. The molecule has 0 radical (unpaired) electrons. The number of alkyl halides is 2. The van der Waals surface area contributed by atoms with E-state index in [-0.39, 0.29) is 5.56 Å². The molecule has 0 aliphatic carbocycles. The zero-order valence-corrected chi connectivity index (χ0v) is 11.3. The second-order valence-electron chi connectivity index (χ2n) is 4.59. The van der Waals surface area contributed by atoms with Gasteiger partial charge >= 0.3 is 11.9 Å². The number of esters is 2. The Bertz CT molecular complexity index is 517. The topological polar surface area (TPSA) is 61.8 Å². The number of carbonyl (C=O) groups excluding carboxylic acids is 2. The molecule has 2 rings (SSSR count). The van der Waals surface area contributed by atoms with Gasteiger partial charge in [0.1, 0.15) is 6.61 Å². The minimum Gasteiger partial charge on any atom is -0.459 e. The second-order valence-corrected chi connectivity index (χ2v) is 4.59. The van der Waals surface area contributed by atoms with Crippen LogP contribution in [0, 0.1) is 0 Å². The lowest BCUT2D eigenvalue weighted by Gasteiger charge is -2.17. The van der Waals surface area contributed by atoms with E-state index in [2.05, 4.69) is 4.74 Å². The first-order valence-corrected chi connectivity index (χ1v) is 6.31. The van der Waals surface area contributed by atoms with Crippen molar-refractivity contribution in [2.75, 3.05) is 6.61 Å². The molecule has 0 saturated carbocycles. The summed E-state index contributed by atoms with van der Waals surface area (Å²) in [5.74, 6) is -4.65. The molecule has 1 aliphatic heterocycles. The number of rotatable bonds is 4. The van der Waals surface area contributed by atoms with E-state index in [0.717, 1.165) is 6.92 Å². The van der Waals surface area contributed by atoms with Crippen molar-refractivity contribution in [3.8, 4) is 0 Å². The Balaban J connectivity index is 1.90. The molecule has 0 aromatic heterocycles. The first-order valence-electron chi connectivity index (χ1n) is 6.31. The van der Waals surface area contributed by atoms with Gasteiger partial charge < -0.3 is 14.2 Å². The minimum absolute atomic E-state index is 0.260. The monoisotopic (exact) mass is 300 g/mol. The molecule has 1 fully saturated rings. The summed E-state index contributed by atoms with van der Waals surface area (Å²) in [5.41, 5.74) is 0.260. The van der Waals surface area contributed by atoms with Gasteiger partial charge in [0.25, 0.3) is 5.92 Å². The normalized spacial score (nSPS) is 23.6. The van der Waals surface area contributed by atoms with Crippen LogP contribution in [0.2, 0.25) is 0 Å². The van der Waals surface area contributed by atoms with Crippen molar-refractivity contribution in [3.63, 3.8) is 0 Å². The van der Waals surface area contributed by atoms with E-state index in [1.54, 1.807) is 18.2 Å². The van der Waals surface area contributed by atoms with Crippen molar-refractivity contribution in [2.45, 2.75) is 31.7 Å². The molecule has 1 aliphatic rings. The summed E-state index contributed by atoms with van der Waals surface area (Å²) >= 11 is 0. The van der Waals surface area contributed by atoms with Crippen molar-refractivity contribution < 1.29 is 32.6 Å². The number of hydrogen-bond donors (Lipinski definition) is 0. The van der Waals surface area contributed by atoms with E-state index in [9.17, 15) is 18.4 Å². The Hall–Kier alpha value is -2.02. The van der Waals surface area contributed by atoms with Gasteiger partial charge in [-0.2, -0.15) is 0 Å². The van der Waals surface area contributed by atoms with Crippen LogP contribution in [0.1, 0.15) is 23.7 Å². The van der Waals surface area contributed by atoms with Crippen molar-refractivity contribution in [3.05, 3.63) is 35.9 Å². The summed E-state index contributed by atoms with van der Waals surface area (Å²) in [5, 5.41) is 0. The van der Waals surface area contributed by atoms with Crippen molar-refractivity contribution in [1.82, 2.24) is 0 Å². The molecular weight excluding hydrogens is 286 g/mol. The third kappa shape index (κ3) is 3.98. The average molecular weight is 300 g/mol. The highest BCUT2D eigenvalue weighted by Crippen LogP contribution is 2.36. The van der Waals surface area contributed by atoms with Gasteiger partial charge in [0.15, 0.2) is 6.10 Å². The molecule has 21 heavy (non-hydrogen) atoms. The van der Waals surface area contributed by atoms with Crippen molar-refractivity contribution in [1.29, 1.82) is 0 Å². The summed E-state index contributed by atoms with van der Waals surface area (Å²) < 4.78 is 41.6. The molecule has 1 aromatic carbocycles. The van der Waals surface area contributed by atoms with Crippen LogP contribution < -0.4 is 0 Å². The Morgan fingerprint density at radius 1 is 1.33 bits per heavy atom. The average Bonchev–Trinajstić information content (AvgIpc) is 2.70. The molecule has 0 amide bonds. The van der Waals surface area contributed by atoms with Crippen LogP contribution in [0.3, 0.4) is 0 Å². The van der Waals surface area contributed by atoms with Crippen LogP contribution in [0.4, 0.5) is 8.78 Å². The highest BCUT2D eigenvalue weighted by molar-refractivity contribution is 5.89. The standard InChI is InChI=1S/C14H14F2O5/c1-9(17)20-12-7-14(15,16)11(21-12)8-19-13(18)10-5-3-2-4-6-10/h2-6,11-12H,7-8H2,1H3/t11-,12+/m1/s1. The molecule has 0 N–H and O–H groups in total. The molecular formula is C14H14F2O5. The maximum atomic E-state index is 13.7. The fourth-order valence-corrected chi connectivity index (χ4v) is 1.91. The lowest BCUT2D eigenvalue weighted by Crippen LogP contribution is -2.33. The lowest BCUT2D eigenvalue weighted by molar-refractivity contribution is -0.177. The van der Waals surface area contributed by atoms with Crippen LogP contribution >= 0.6 is 0 Å². The van der Waals surface area contributed by atoms with E-state index in [4.69, 9.17) is 9.47 Å². The first-order chi connectivity index (χ1) is 9.88.